The third kappa shape index (κ3) is 6.74. The summed E-state index contributed by atoms with van der Waals surface area (Å²) in [5.74, 6) is 1.82. The van der Waals surface area contributed by atoms with E-state index in [1.54, 1.807) is 11.3 Å². The molecule has 8 heteroatoms. The number of likely N-dealkylation sites (tertiary alicyclic amines) is 2. The zero-order valence-corrected chi connectivity index (χ0v) is 20.1. The van der Waals surface area contributed by atoms with Crippen LogP contribution in [0.2, 0.25) is 0 Å². The third-order valence-corrected chi connectivity index (χ3v) is 6.26. The fraction of sp³-hybridized carbons (Fsp3) is 0.789. The average Bonchev–Trinajstić information content (AvgIpc) is 3.29. The Bertz CT molecular complexity index is 585. The van der Waals surface area contributed by atoms with Crippen molar-refractivity contribution in [3.63, 3.8) is 0 Å². The molecule has 2 fully saturated rings. The number of aliphatic imine (C=N–C) groups is 1. The molecular weight excluding hydrogens is 471 g/mol. The highest BCUT2D eigenvalue weighted by atomic mass is 127. The minimum atomic E-state index is 0. The number of hydrogen-bond donors (Lipinski definition) is 1. The number of aromatic nitrogens is 1. The summed E-state index contributed by atoms with van der Waals surface area (Å²) in [6.07, 6.45) is 5.45. The molecule has 1 unspecified atom stereocenters. The largest absolute Gasteiger partial charge is 0.357 e. The second-order valence-corrected chi connectivity index (χ2v) is 8.48. The third-order valence-electron chi connectivity index (χ3n) is 5.20. The summed E-state index contributed by atoms with van der Waals surface area (Å²) < 4.78 is 0. The molecule has 0 aromatic carbocycles. The normalized spacial score (nSPS) is 21.2. The maximum absolute atomic E-state index is 4.86. The van der Waals surface area contributed by atoms with Gasteiger partial charge in [-0.1, -0.05) is 6.42 Å². The monoisotopic (exact) mass is 506 g/mol. The van der Waals surface area contributed by atoms with Gasteiger partial charge in [-0.25, -0.2) is 9.98 Å². The molecule has 154 valence electrons. The number of guanidine groups is 1. The van der Waals surface area contributed by atoms with Crippen molar-refractivity contribution in [1.29, 1.82) is 0 Å². The van der Waals surface area contributed by atoms with Crippen molar-refractivity contribution in [2.75, 3.05) is 58.3 Å². The van der Waals surface area contributed by atoms with Crippen LogP contribution in [0, 0.1) is 5.92 Å². The first-order chi connectivity index (χ1) is 12.7. The first-order valence-electron chi connectivity index (χ1n) is 10.0. The standard InChI is InChI=1S/C19H34N6S.HI/c1-4-20-18(21-12-17-15-26-19(22-17)23(2)3)25-11-8-16(14-25)13-24-9-6-5-7-10-24;/h15-16H,4-14H2,1-3H3,(H,20,21);1H. The Morgan fingerprint density at radius 2 is 2.07 bits per heavy atom. The van der Waals surface area contributed by atoms with Crippen molar-refractivity contribution in [2.24, 2.45) is 10.9 Å². The van der Waals surface area contributed by atoms with Crippen molar-refractivity contribution < 1.29 is 0 Å². The van der Waals surface area contributed by atoms with Gasteiger partial charge in [0, 0.05) is 45.7 Å². The Kier molecular flexibility index (Phi) is 9.58. The second-order valence-electron chi connectivity index (χ2n) is 7.65. The summed E-state index contributed by atoms with van der Waals surface area (Å²) in [6, 6.07) is 0. The fourth-order valence-corrected chi connectivity index (χ4v) is 4.59. The molecule has 2 aliphatic heterocycles. The van der Waals surface area contributed by atoms with Crippen molar-refractivity contribution in [3.8, 4) is 0 Å². The molecule has 6 nitrogen and oxygen atoms in total. The van der Waals surface area contributed by atoms with Crippen LogP contribution in [0.5, 0.6) is 0 Å². The minimum absolute atomic E-state index is 0. The molecule has 1 N–H and O–H groups in total. The van der Waals surface area contributed by atoms with E-state index in [0.717, 1.165) is 42.3 Å². The Balaban J connectivity index is 0.00000261. The molecule has 2 aliphatic rings. The van der Waals surface area contributed by atoms with E-state index in [1.807, 2.05) is 14.1 Å². The maximum atomic E-state index is 4.86. The second kappa shape index (κ2) is 11.4. The lowest BCUT2D eigenvalue weighted by Crippen LogP contribution is -2.41. The van der Waals surface area contributed by atoms with Crippen LogP contribution < -0.4 is 10.2 Å². The van der Waals surface area contributed by atoms with Gasteiger partial charge in [0.1, 0.15) is 0 Å². The lowest BCUT2D eigenvalue weighted by atomic mass is 10.1. The molecule has 0 saturated carbocycles. The Morgan fingerprint density at radius 1 is 1.30 bits per heavy atom. The SMILES string of the molecule is CCNC(=NCc1csc(N(C)C)n1)N1CCC(CN2CCCCC2)C1.I. The highest BCUT2D eigenvalue weighted by molar-refractivity contribution is 14.0. The molecule has 1 aromatic rings. The smallest absolute Gasteiger partial charge is 0.194 e. The predicted molar refractivity (Wildman–Crippen MR) is 127 cm³/mol. The molecule has 0 amide bonds. The van der Waals surface area contributed by atoms with Gasteiger partial charge in [-0.2, -0.15) is 0 Å². The molecule has 27 heavy (non-hydrogen) atoms. The van der Waals surface area contributed by atoms with Crippen molar-refractivity contribution in [2.45, 2.75) is 39.2 Å². The summed E-state index contributed by atoms with van der Waals surface area (Å²) in [7, 11) is 4.06. The zero-order chi connectivity index (χ0) is 18.4. The van der Waals surface area contributed by atoms with Gasteiger partial charge in [0.15, 0.2) is 11.1 Å². The summed E-state index contributed by atoms with van der Waals surface area (Å²) in [5.41, 5.74) is 1.05. The van der Waals surface area contributed by atoms with Crippen LogP contribution in [0.3, 0.4) is 0 Å². The molecular formula is C19H35IN6S. The Labute approximate surface area is 185 Å². The molecule has 3 heterocycles. The molecule has 1 atom stereocenters. The minimum Gasteiger partial charge on any atom is -0.357 e. The van der Waals surface area contributed by atoms with Gasteiger partial charge >= 0.3 is 0 Å². The van der Waals surface area contributed by atoms with Gasteiger partial charge in [0.05, 0.1) is 12.2 Å². The number of piperidine rings is 1. The van der Waals surface area contributed by atoms with Crippen LogP contribution in [0.1, 0.15) is 38.3 Å². The predicted octanol–water partition coefficient (Wildman–Crippen LogP) is 3.10. The number of halogens is 1. The van der Waals surface area contributed by atoms with E-state index >= 15 is 0 Å². The Morgan fingerprint density at radius 3 is 2.74 bits per heavy atom. The average molecular weight is 507 g/mol. The first kappa shape index (κ1) is 22.7. The van der Waals surface area contributed by atoms with E-state index in [-0.39, 0.29) is 24.0 Å². The Hall–Kier alpha value is -0.610. The number of nitrogens with one attached hydrogen (secondary N) is 1. The number of rotatable bonds is 6. The number of hydrogen-bond acceptors (Lipinski definition) is 5. The van der Waals surface area contributed by atoms with E-state index < -0.39 is 0 Å². The van der Waals surface area contributed by atoms with Crippen molar-refractivity contribution in [1.82, 2.24) is 20.1 Å². The lowest BCUT2D eigenvalue weighted by Gasteiger charge is -2.29. The molecule has 2 saturated heterocycles. The van der Waals surface area contributed by atoms with E-state index in [2.05, 4.69) is 37.3 Å². The molecule has 0 spiro atoms. The highest BCUT2D eigenvalue weighted by Gasteiger charge is 2.27. The van der Waals surface area contributed by atoms with E-state index in [4.69, 9.17) is 4.99 Å². The molecule has 0 bridgehead atoms. The van der Waals surface area contributed by atoms with Gasteiger partial charge in [-0.05, 0) is 45.2 Å². The quantitative estimate of drug-likeness (QED) is 0.365. The van der Waals surface area contributed by atoms with E-state index in [9.17, 15) is 0 Å². The number of nitrogens with zero attached hydrogens (tertiary/aromatic N) is 5. The zero-order valence-electron chi connectivity index (χ0n) is 17.0. The summed E-state index contributed by atoms with van der Waals surface area (Å²) in [6.45, 7) is 9.79. The lowest BCUT2D eigenvalue weighted by molar-refractivity contribution is 0.198. The first-order valence-corrected chi connectivity index (χ1v) is 10.9. The summed E-state index contributed by atoms with van der Waals surface area (Å²) in [5, 5.41) is 6.64. The summed E-state index contributed by atoms with van der Waals surface area (Å²) in [4.78, 5) is 16.7. The number of thiazole rings is 1. The molecule has 1 aromatic heterocycles. The maximum Gasteiger partial charge on any atom is 0.194 e. The van der Waals surface area contributed by atoms with Crippen LogP contribution in [-0.4, -0.2) is 74.1 Å². The van der Waals surface area contributed by atoms with Crippen LogP contribution in [-0.2, 0) is 6.54 Å². The van der Waals surface area contributed by atoms with Crippen LogP contribution in [0.25, 0.3) is 0 Å². The summed E-state index contributed by atoms with van der Waals surface area (Å²) >= 11 is 1.68. The molecule has 3 rings (SSSR count). The van der Waals surface area contributed by atoms with Gasteiger partial charge < -0.3 is 20.0 Å². The topological polar surface area (TPSA) is 47.0 Å². The van der Waals surface area contributed by atoms with E-state index in [0.29, 0.717) is 6.54 Å². The van der Waals surface area contributed by atoms with Gasteiger partial charge in [-0.15, -0.1) is 35.3 Å². The van der Waals surface area contributed by atoms with Crippen molar-refractivity contribution >= 4 is 46.4 Å². The van der Waals surface area contributed by atoms with E-state index in [1.165, 1.54) is 45.3 Å². The highest BCUT2D eigenvalue weighted by Crippen LogP contribution is 2.21. The van der Waals surface area contributed by atoms with Gasteiger partial charge in [0.2, 0.25) is 0 Å². The van der Waals surface area contributed by atoms with Gasteiger partial charge in [0.25, 0.3) is 0 Å². The molecule has 0 radical (unpaired) electrons. The fourth-order valence-electron chi connectivity index (χ4n) is 3.84. The van der Waals surface area contributed by atoms with Gasteiger partial charge in [-0.3, -0.25) is 0 Å². The van der Waals surface area contributed by atoms with Crippen LogP contribution in [0.4, 0.5) is 5.13 Å². The molecule has 0 aliphatic carbocycles. The van der Waals surface area contributed by atoms with Crippen molar-refractivity contribution in [3.05, 3.63) is 11.1 Å². The number of anilines is 1. The van der Waals surface area contributed by atoms with Crippen LogP contribution in [0.15, 0.2) is 10.4 Å². The van der Waals surface area contributed by atoms with Crippen LogP contribution >= 0.6 is 35.3 Å².